The zero-order valence-corrected chi connectivity index (χ0v) is 16.3. The molecule has 0 spiro atoms. The molecule has 4 nitrogen and oxygen atoms in total. The van der Waals surface area contributed by atoms with E-state index in [4.69, 9.17) is 21.3 Å². The molecule has 5 rings (SSSR count). The molecule has 4 aromatic rings. The molecule has 0 fully saturated rings. The molecule has 1 aliphatic heterocycles. The number of imidazole rings is 1. The number of halogens is 2. The Balaban J connectivity index is 1.76. The molecule has 3 aromatic carbocycles. The van der Waals surface area contributed by atoms with E-state index in [9.17, 15) is 4.39 Å². The smallest absolute Gasteiger partial charge is 0.209 e. The molecular weight excluding hydrogens is 389 g/mol. The van der Waals surface area contributed by atoms with Crippen molar-refractivity contribution in [2.45, 2.75) is 6.04 Å². The Bertz CT molecular complexity index is 1240. The SMILES string of the molecule is COc1cccc(C2=C[C@H](c3c(F)cccc3Cl)n3c(nc4ccccc43)N2)c1. The van der Waals surface area contributed by atoms with Crippen molar-refractivity contribution in [3.8, 4) is 5.75 Å². The van der Waals surface area contributed by atoms with Crippen LogP contribution in [0.4, 0.5) is 10.3 Å². The van der Waals surface area contributed by atoms with E-state index in [0.717, 1.165) is 28.0 Å². The Morgan fingerprint density at radius 1 is 1.07 bits per heavy atom. The largest absolute Gasteiger partial charge is 0.497 e. The van der Waals surface area contributed by atoms with Gasteiger partial charge in [0.2, 0.25) is 5.95 Å². The van der Waals surface area contributed by atoms with Crippen LogP contribution in [0.25, 0.3) is 16.7 Å². The van der Waals surface area contributed by atoms with Crippen molar-refractivity contribution >= 4 is 34.3 Å². The first-order chi connectivity index (χ1) is 14.2. The minimum absolute atomic E-state index is 0.352. The lowest BCUT2D eigenvalue weighted by atomic mass is 10.0. The average Bonchev–Trinajstić information content (AvgIpc) is 3.12. The molecule has 0 radical (unpaired) electrons. The lowest BCUT2D eigenvalue weighted by molar-refractivity contribution is 0.414. The summed E-state index contributed by atoms with van der Waals surface area (Å²) in [7, 11) is 1.63. The zero-order chi connectivity index (χ0) is 20.0. The highest BCUT2D eigenvalue weighted by molar-refractivity contribution is 6.31. The number of allylic oxidation sites excluding steroid dienone is 1. The van der Waals surface area contributed by atoms with Crippen LogP contribution in [0.1, 0.15) is 17.2 Å². The highest BCUT2D eigenvalue weighted by Crippen LogP contribution is 2.40. The summed E-state index contributed by atoms with van der Waals surface area (Å²) in [6, 6.07) is 19.8. The Morgan fingerprint density at radius 2 is 1.90 bits per heavy atom. The van der Waals surface area contributed by atoms with Gasteiger partial charge in [0.15, 0.2) is 0 Å². The molecule has 6 heteroatoms. The zero-order valence-electron chi connectivity index (χ0n) is 15.6. The summed E-state index contributed by atoms with van der Waals surface area (Å²) in [5.41, 5.74) is 3.88. The van der Waals surface area contributed by atoms with Crippen molar-refractivity contribution in [2.24, 2.45) is 0 Å². The van der Waals surface area contributed by atoms with E-state index in [0.29, 0.717) is 16.5 Å². The topological polar surface area (TPSA) is 39.1 Å². The van der Waals surface area contributed by atoms with E-state index in [2.05, 4.69) is 5.32 Å². The average molecular weight is 406 g/mol. The van der Waals surface area contributed by atoms with Crippen molar-refractivity contribution < 1.29 is 9.13 Å². The third-order valence-corrected chi connectivity index (χ3v) is 5.45. The van der Waals surface area contributed by atoms with Gasteiger partial charge in [-0.05, 0) is 42.5 Å². The third kappa shape index (κ3) is 2.95. The molecule has 144 valence electrons. The van der Waals surface area contributed by atoms with Gasteiger partial charge in [0.05, 0.1) is 24.2 Å². The number of hydrogen-bond donors (Lipinski definition) is 1. The minimum atomic E-state index is -0.450. The van der Waals surface area contributed by atoms with E-state index >= 15 is 0 Å². The molecule has 0 bridgehead atoms. The van der Waals surface area contributed by atoms with Crippen LogP contribution < -0.4 is 10.1 Å². The van der Waals surface area contributed by atoms with Gasteiger partial charge in [0.25, 0.3) is 0 Å². The maximum absolute atomic E-state index is 14.9. The molecule has 1 aliphatic rings. The lowest BCUT2D eigenvalue weighted by Gasteiger charge is -2.27. The van der Waals surface area contributed by atoms with Crippen LogP contribution in [-0.2, 0) is 0 Å². The molecule has 2 heterocycles. The van der Waals surface area contributed by atoms with E-state index in [1.165, 1.54) is 6.07 Å². The number of ether oxygens (including phenoxy) is 1. The number of benzene rings is 3. The van der Waals surface area contributed by atoms with Gasteiger partial charge in [-0.25, -0.2) is 9.37 Å². The van der Waals surface area contributed by atoms with E-state index in [-0.39, 0.29) is 5.82 Å². The van der Waals surface area contributed by atoms with Crippen LogP contribution in [0.15, 0.2) is 72.8 Å². The number of nitrogens with zero attached hydrogens (tertiary/aromatic N) is 2. The Hall–Kier alpha value is -3.31. The standard InChI is InChI=1S/C23H17ClFN3O/c1-29-15-7-4-6-14(12-15)19-13-21(22-16(24)8-5-9-17(22)25)28-20-11-3-2-10-18(20)26-23(28)27-19/h2-13,21H,1H3,(H,26,27)/t21-/m1/s1. The van der Waals surface area contributed by atoms with Crippen LogP contribution in [0.3, 0.4) is 0 Å². The normalized spacial score (nSPS) is 15.6. The second kappa shape index (κ2) is 6.94. The Labute approximate surface area is 172 Å². The lowest BCUT2D eigenvalue weighted by Crippen LogP contribution is -2.20. The van der Waals surface area contributed by atoms with Crippen molar-refractivity contribution in [1.29, 1.82) is 0 Å². The monoisotopic (exact) mass is 405 g/mol. The molecule has 0 saturated heterocycles. The van der Waals surface area contributed by atoms with Crippen molar-refractivity contribution in [2.75, 3.05) is 12.4 Å². The highest BCUT2D eigenvalue weighted by Gasteiger charge is 2.28. The van der Waals surface area contributed by atoms with Crippen molar-refractivity contribution in [3.63, 3.8) is 0 Å². The fourth-order valence-corrected chi connectivity index (χ4v) is 4.05. The van der Waals surface area contributed by atoms with Gasteiger partial charge in [-0.15, -0.1) is 0 Å². The summed E-state index contributed by atoms with van der Waals surface area (Å²) in [5, 5.41) is 3.76. The quantitative estimate of drug-likeness (QED) is 0.461. The van der Waals surface area contributed by atoms with Gasteiger partial charge in [-0.3, -0.25) is 4.57 Å². The van der Waals surface area contributed by atoms with Crippen LogP contribution in [0.5, 0.6) is 5.75 Å². The molecule has 0 saturated carbocycles. The summed E-state index contributed by atoms with van der Waals surface area (Å²) in [6.45, 7) is 0. The summed E-state index contributed by atoms with van der Waals surface area (Å²) in [6.07, 6.45) is 1.97. The first kappa shape index (κ1) is 17.8. The predicted octanol–water partition coefficient (Wildman–Crippen LogP) is 5.89. The highest BCUT2D eigenvalue weighted by atomic mass is 35.5. The second-order valence-corrected chi connectivity index (χ2v) is 7.22. The number of fused-ring (bicyclic) bond motifs is 3. The van der Waals surface area contributed by atoms with Gasteiger partial charge in [0.1, 0.15) is 11.6 Å². The van der Waals surface area contributed by atoms with Gasteiger partial charge in [-0.2, -0.15) is 0 Å². The van der Waals surface area contributed by atoms with Gasteiger partial charge >= 0.3 is 0 Å². The van der Waals surface area contributed by atoms with Crippen molar-refractivity contribution in [1.82, 2.24) is 9.55 Å². The molecule has 0 unspecified atom stereocenters. The van der Waals surface area contributed by atoms with E-state index < -0.39 is 6.04 Å². The number of para-hydroxylation sites is 2. The molecule has 0 aliphatic carbocycles. The predicted molar refractivity (Wildman–Crippen MR) is 114 cm³/mol. The van der Waals surface area contributed by atoms with Crippen LogP contribution in [0.2, 0.25) is 5.02 Å². The molecule has 1 atom stereocenters. The second-order valence-electron chi connectivity index (χ2n) is 6.81. The number of rotatable bonds is 3. The van der Waals surface area contributed by atoms with Crippen LogP contribution >= 0.6 is 11.6 Å². The number of hydrogen-bond acceptors (Lipinski definition) is 3. The Morgan fingerprint density at radius 3 is 2.72 bits per heavy atom. The van der Waals surface area contributed by atoms with Crippen LogP contribution in [-0.4, -0.2) is 16.7 Å². The van der Waals surface area contributed by atoms with Crippen molar-refractivity contribution in [3.05, 3.63) is 94.8 Å². The maximum atomic E-state index is 14.9. The van der Waals surface area contributed by atoms with Gasteiger partial charge in [0, 0.05) is 21.8 Å². The number of nitrogens with one attached hydrogen (secondary N) is 1. The number of anilines is 1. The Kier molecular flexibility index (Phi) is 4.25. The molecular formula is C23H17ClFN3O. The van der Waals surface area contributed by atoms with E-state index in [1.807, 2.05) is 59.2 Å². The summed E-state index contributed by atoms with van der Waals surface area (Å²) in [4.78, 5) is 4.72. The van der Waals surface area contributed by atoms with Gasteiger partial charge in [-0.1, -0.05) is 41.9 Å². The molecule has 1 aromatic heterocycles. The molecule has 29 heavy (non-hydrogen) atoms. The van der Waals surface area contributed by atoms with Gasteiger partial charge < -0.3 is 10.1 Å². The third-order valence-electron chi connectivity index (χ3n) is 5.12. The number of aromatic nitrogens is 2. The van der Waals surface area contributed by atoms with E-state index in [1.54, 1.807) is 19.2 Å². The number of methoxy groups -OCH3 is 1. The summed E-state index contributed by atoms with van der Waals surface area (Å²) in [5.74, 6) is 1.02. The first-order valence-corrected chi connectivity index (χ1v) is 9.57. The summed E-state index contributed by atoms with van der Waals surface area (Å²) < 4.78 is 22.2. The molecule has 1 N–H and O–H groups in total. The first-order valence-electron chi connectivity index (χ1n) is 9.20. The summed E-state index contributed by atoms with van der Waals surface area (Å²) >= 11 is 6.45. The maximum Gasteiger partial charge on any atom is 0.209 e. The minimum Gasteiger partial charge on any atom is -0.497 e. The fourth-order valence-electron chi connectivity index (χ4n) is 3.77. The molecule has 0 amide bonds. The van der Waals surface area contributed by atoms with Crippen LogP contribution in [0, 0.1) is 5.82 Å². The fraction of sp³-hybridized carbons (Fsp3) is 0.0870.